The van der Waals surface area contributed by atoms with Gasteiger partial charge in [0.1, 0.15) is 11.8 Å². The molecule has 0 saturated heterocycles. The first-order chi connectivity index (χ1) is 11.7. The highest BCUT2D eigenvalue weighted by molar-refractivity contribution is 7.12. The molecule has 3 aromatic rings. The van der Waals surface area contributed by atoms with Crippen LogP contribution in [0, 0.1) is 0 Å². The molecule has 0 spiro atoms. The van der Waals surface area contributed by atoms with Crippen molar-refractivity contribution in [2.24, 2.45) is 0 Å². The smallest absolute Gasteiger partial charge is 0.283 e. The summed E-state index contributed by atoms with van der Waals surface area (Å²) in [5.41, 5.74) is 4.78. The molecule has 4 nitrogen and oxygen atoms in total. The van der Waals surface area contributed by atoms with Crippen LogP contribution in [0.3, 0.4) is 0 Å². The number of para-hydroxylation sites is 1. The SMILES string of the molecule is O=C(c1cccs1)N1NC(c2cccs2)=CC1c1ccccc1O. The second-order valence-electron chi connectivity index (χ2n) is 5.33. The Hall–Kier alpha value is -2.57. The molecule has 0 radical (unpaired) electrons. The third-order valence-electron chi connectivity index (χ3n) is 3.84. The Kier molecular flexibility index (Phi) is 3.84. The third kappa shape index (κ3) is 2.60. The van der Waals surface area contributed by atoms with Gasteiger partial charge in [-0.2, -0.15) is 0 Å². The maximum Gasteiger partial charge on any atom is 0.283 e. The predicted octanol–water partition coefficient (Wildman–Crippen LogP) is 4.26. The van der Waals surface area contributed by atoms with Gasteiger partial charge in [0.2, 0.25) is 0 Å². The van der Waals surface area contributed by atoms with Gasteiger partial charge in [0, 0.05) is 5.56 Å². The second-order valence-corrected chi connectivity index (χ2v) is 7.22. The molecule has 1 atom stereocenters. The Morgan fingerprint density at radius 1 is 1.04 bits per heavy atom. The van der Waals surface area contributed by atoms with Crippen molar-refractivity contribution >= 4 is 34.3 Å². The van der Waals surface area contributed by atoms with Gasteiger partial charge in [0.15, 0.2) is 0 Å². The van der Waals surface area contributed by atoms with E-state index in [1.54, 1.807) is 34.5 Å². The molecule has 1 aliphatic rings. The largest absolute Gasteiger partial charge is 0.508 e. The Morgan fingerprint density at radius 2 is 1.83 bits per heavy atom. The van der Waals surface area contributed by atoms with Crippen molar-refractivity contribution in [3.8, 4) is 5.75 Å². The van der Waals surface area contributed by atoms with Gasteiger partial charge in [-0.3, -0.25) is 10.2 Å². The van der Waals surface area contributed by atoms with Crippen molar-refractivity contribution in [3.05, 3.63) is 80.7 Å². The Balaban J connectivity index is 1.75. The molecule has 0 fully saturated rings. The minimum absolute atomic E-state index is 0.110. The lowest BCUT2D eigenvalue weighted by molar-refractivity contribution is 0.0676. The second kappa shape index (κ2) is 6.14. The molecular weight excluding hydrogens is 340 g/mol. The minimum atomic E-state index is -0.363. The minimum Gasteiger partial charge on any atom is -0.508 e. The number of hydrazine groups is 1. The highest BCUT2D eigenvalue weighted by atomic mass is 32.1. The van der Waals surface area contributed by atoms with Crippen molar-refractivity contribution in [2.45, 2.75) is 6.04 Å². The number of carbonyl (C=O) groups is 1. The number of carbonyl (C=O) groups excluding carboxylic acids is 1. The average Bonchev–Trinajstić information content (AvgIpc) is 3.34. The monoisotopic (exact) mass is 354 g/mol. The zero-order valence-electron chi connectivity index (χ0n) is 12.5. The molecular formula is C18H14N2O2S2. The van der Waals surface area contributed by atoms with Crippen LogP contribution in [0.25, 0.3) is 5.70 Å². The van der Waals surface area contributed by atoms with Gasteiger partial charge in [-0.1, -0.05) is 30.3 Å². The number of amides is 1. The van der Waals surface area contributed by atoms with Crippen molar-refractivity contribution in [2.75, 3.05) is 0 Å². The lowest BCUT2D eigenvalue weighted by Crippen LogP contribution is -2.39. The predicted molar refractivity (Wildman–Crippen MR) is 96.8 cm³/mol. The van der Waals surface area contributed by atoms with E-state index < -0.39 is 0 Å². The number of phenolic OH excluding ortho intramolecular Hbond substituents is 1. The fourth-order valence-corrected chi connectivity index (χ4v) is 4.06. The zero-order chi connectivity index (χ0) is 16.5. The number of nitrogens with zero attached hydrogens (tertiary/aromatic N) is 1. The van der Waals surface area contributed by atoms with E-state index in [-0.39, 0.29) is 17.7 Å². The number of rotatable bonds is 3. The summed E-state index contributed by atoms with van der Waals surface area (Å²) in [5.74, 6) is 0.0676. The Morgan fingerprint density at radius 3 is 2.54 bits per heavy atom. The molecule has 2 aromatic heterocycles. The van der Waals surface area contributed by atoms with Crippen LogP contribution in [0.15, 0.2) is 65.4 Å². The van der Waals surface area contributed by atoms with Gasteiger partial charge in [-0.15, -0.1) is 22.7 Å². The van der Waals surface area contributed by atoms with Crippen LogP contribution in [-0.2, 0) is 0 Å². The highest BCUT2D eigenvalue weighted by Gasteiger charge is 2.33. The molecule has 1 aliphatic heterocycles. The number of hydrogen-bond donors (Lipinski definition) is 2. The van der Waals surface area contributed by atoms with Crippen LogP contribution in [-0.4, -0.2) is 16.0 Å². The number of nitrogens with one attached hydrogen (secondary N) is 1. The first-order valence-electron chi connectivity index (χ1n) is 7.41. The van der Waals surface area contributed by atoms with Crippen LogP contribution < -0.4 is 5.43 Å². The number of aromatic hydroxyl groups is 1. The van der Waals surface area contributed by atoms with E-state index >= 15 is 0 Å². The quantitative estimate of drug-likeness (QED) is 0.739. The highest BCUT2D eigenvalue weighted by Crippen LogP contribution is 2.37. The van der Waals surface area contributed by atoms with E-state index in [2.05, 4.69) is 5.43 Å². The molecule has 1 unspecified atom stereocenters. The molecule has 0 bridgehead atoms. The van der Waals surface area contributed by atoms with E-state index in [9.17, 15) is 9.90 Å². The lowest BCUT2D eigenvalue weighted by atomic mass is 10.0. The van der Waals surface area contributed by atoms with Gasteiger partial charge >= 0.3 is 0 Å². The van der Waals surface area contributed by atoms with Gasteiger partial charge in [0.25, 0.3) is 5.91 Å². The molecule has 1 aromatic carbocycles. The molecule has 6 heteroatoms. The average molecular weight is 354 g/mol. The summed E-state index contributed by atoms with van der Waals surface area (Å²) < 4.78 is 0. The van der Waals surface area contributed by atoms with E-state index in [0.717, 1.165) is 10.6 Å². The van der Waals surface area contributed by atoms with Gasteiger partial charge in [-0.05, 0) is 35.0 Å². The standard InChI is InChI=1S/C18H14N2O2S2/c21-15-6-2-1-5-12(15)14-11-13(16-7-3-9-23-16)19-20(14)18(22)17-8-4-10-24-17/h1-11,14,19,21H. The van der Waals surface area contributed by atoms with Crippen molar-refractivity contribution in [1.29, 1.82) is 0 Å². The van der Waals surface area contributed by atoms with Crippen LogP contribution in [0.1, 0.15) is 26.2 Å². The molecule has 120 valence electrons. The van der Waals surface area contributed by atoms with E-state index in [0.29, 0.717) is 10.4 Å². The van der Waals surface area contributed by atoms with E-state index in [4.69, 9.17) is 0 Å². The molecule has 2 N–H and O–H groups in total. The summed E-state index contributed by atoms with van der Waals surface area (Å²) in [6.07, 6.45) is 1.98. The van der Waals surface area contributed by atoms with Crippen LogP contribution in [0.2, 0.25) is 0 Å². The van der Waals surface area contributed by atoms with Crippen LogP contribution in [0.4, 0.5) is 0 Å². The van der Waals surface area contributed by atoms with Gasteiger partial charge < -0.3 is 5.11 Å². The maximum atomic E-state index is 12.9. The number of hydrogen-bond acceptors (Lipinski definition) is 5. The molecule has 1 amide bonds. The Bertz CT molecular complexity index is 886. The van der Waals surface area contributed by atoms with E-state index in [1.165, 1.54) is 11.3 Å². The van der Waals surface area contributed by atoms with Crippen molar-refractivity contribution in [1.82, 2.24) is 10.4 Å². The summed E-state index contributed by atoms with van der Waals surface area (Å²) in [6.45, 7) is 0. The molecule has 0 saturated carbocycles. The number of phenols is 1. The summed E-state index contributed by atoms with van der Waals surface area (Å²) in [7, 11) is 0. The fourth-order valence-electron chi connectivity index (χ4n) is 2.70. The molecule has 4 rings (SSSR count). The fraction of sp³-hybridized carbons (Fsp3) is 0.0556. The Labute approximate surface area is 147 Å². The van der Waals surface area contributed by atoms with Crippen LogP contribution >= 0.6 is 22.7 Å². The van der Waals surface area contributed by atoms with Gasteiger partial charge in [0.05, 0.1) is 15.5 Å². The summed E-state index contributed by atoms with van der Waals surface area (Å²) >= 11 is 3.01. The van der Waals surface area contributed by atoms with Crippen molar-refractivity contribution < 1.29 is 9.90 Å². The molecule has 24 heavy (non-hydrogen) atoms. The zero-order valence-corrected chi connectivity index (χ0v) is 14.2. The van der Waals surface area contributed by atoms with Crippen LogP contribution in [0.5, 0.6) is 5.75 Å². The number of thiophene rings is 2. The van der Waals surface area contributed by atoms with Crippen molar-refractivity contribution in [3.63, 3.8) is 0 Å². The normalized spacial score (nSPS) is 16.8. The third-order valence-corrected chi connectivity index (χ3v) is 5.60. The summed E-state index contributed by atoms with van der Waals surface area (Å²) in [5, 5.41) is 15.7. The first-order valence-corrected chi connectivity index (χ1v) is 9.17. The number of benzene rings is 1. The molecule has 0 aliphatic carbocycles. The lowest BCUT2D eigenvalue weighted by Gasteiger charge is -2.25. The first kappa shape index (κ1) is 15.0. The summed E-state index contributed by atoms with van der Waals surface area (Å²) in [4.78, 5) is 14.6. The maximum absolute atomic E-state index is 12.9. The molecule has 3 heterocycles. The van der Waals surface area contributed by atoms with Gasteiger partial charge in [-0.25, -0.2) is 5.01 Å². The summed E-state index contributed by atoms with van der Waals surface area (Å²) in [6, 6.07) is 14.4. The van der Waals surface area contributed by atoms with E-state index in [1.807, 2.05) is 47.2 Å². The topological polar surface area (TPSA) is 52.6 Å².